The van der Waals surface area contributed by atoms with Crippen LogP contribution >= 0.6 is 0 Å². The number of nitrogens with zero attached hydrogens (tertiary/aromatic N) is 4. The van der Waals surface area contributed by atoms with Crippen molar-refractivity contribution in [1.82, 2.24) is 19.9 Å². The number of anilines is 2. The van der Waals surface area contributed by atoms with Crippen molar-refractivity contribution < 1.29 is 18.7 Å². The highest BCUT2D eigenvalue weighted by Gasteiger charge is 2.26. The maximum Gasteiger partial charge on any atom is 0.291 e. The van der Waals surface area contributed by atoms with Crippen molar-refractivity contribution in [2.75, 3.05) is 23.3 Å². The minimum Gasteiger partial charge on any atom is -0.437 e. The molecule has 1 aliphatic rings. The van der Waals surface area contributed by atoms with Crippen molar-refractivity contribution in [2.45, 2.75) is 18.9 Å². The molecule has 1 fully saturated rings. The molecule has 1 amide bonds. The van der Waals surface area contributed by atoms with Crippen LogP contribution < -0.4 is 10.2 Å². The molecule has 37 heavy (non-hydrogen) atoms. The van der Waals surface area contributed by atoms with Gasteiger partial charge in [0.2, 0.25) is 5.71 Å². The van der Waals surface area contributed by atoms with E-state index in [4.69, 9.17) is 4.42 Å². The highest BCUT2D eigenvalue weighted by molar-refractivity contribution is 6.06. The minimum atomic E-state index is -0.347. The zero-order chi connectivity index (χ0) is 25.4. The highest BCUT2D eigenvalue weighted by atomic mass is 19.1. The van der Waals surface area contributed by atoms with Crippen molar-refractivity contribution >= 4 is 28.5 Å². The van der Waals surface area contributed by atoms with E-state index >= 15 is 0 Å². The van der Waals surface area contributed by atoms with Crippen molar-refractivity contribution in [3.05, 3.63) is 78.9 Å². The van der Waals surface area contributed by atoms with Gasteiger partial charge in [-0.05, 0) is 54.8 Å². The van der Waals surface area contributed by atoms with Gasteiger partial charge in [-0.15, -0.1) is 0 Å². The molecule has 0 aliphatic carbocycles. The smallest absolute Gasteiger partial charge is 0.291 e. The van der Waals surface area contributed by atoms with Crippen LogP contribution in [0.1, 0.15) is 23.5 Å². The summed E-state index contributed by atoms with van der Waals surface area (Å²) < 4.78 is 20.1. The number of hydrogen-bond acceptors (Lipinski definition) is 7. The average molecular weight is 499 g/mol. The molecule has 4 heterocycles. The van der Waals surface area contributed by atoms with E-state index in [0.29, 0.717) is 48.9 Å². The lowest BCUT2D eigenvalue weighted by Gasteiger charge is -2.30. The SMILES string of the molecule is O=C(Nc1ccc(-c2oc3ncnc(N4CCC(O)CC4)c3c2-c2ccc(F)cc2)cc1)c1ncc[nH]1. The summed E-state index contributed by atoms with van der Waals surface area (Å²) in [5.74, 6) is 0.811. The number of aliphatic hydroxyl groups excluding tert-OH is 1. The number of rotatable bonds is 5. The van der Waals surface area contributed by atoms with Gasteiger partial charge in [0, 0.05) is 42.3 Å². The van der Waals surface area contributed by atoms with Crippen LogP contribution in [0.15, 0.2) is 71.7 Å². The number of fused-ring (bicyclic) bond motifs is 1. The first kappa shape index (κ1) is 22.9. The summed E-state index contributed by atoms with van der Waals surface area (Å²) in [4.78, 5) is 30.2. The molecular weight excluding hydrogens is 475 g/mol. The summed E-state index contributed by atoms with van der Waals surface area (Å²) >= 11 is 0. The van der Waals surface area contributed by atoms with Gasteiger partial charge in [-0.1, -0.05) is 12.1 Å². The van der Waals surface area contributed by atoms with E-state index in [2.05, 4.69) is 30.2 Å². The monoisotopic (exact) mass is 498 g/mol. The molecule has 5 aromatic rings. The van der Waals surface area contributed by atoms with Gasteiger partial charge < -0.3 is 24.7 Å². The van der Waals surface area contributed by atoms with Crippen LogP contribution in [0.4, 0.5) is 15.9 Å². The van der Waals surface area contributed by atoms with E-state index in [1.807, 2.05) is 12.1 Å². The van der Waals surface area contributed by atoms with Crippen molar-refractivity contribution in [3.63, 3.8) is 0 Å². The number of aromatic nitrogens is 4. The average Bonchev–Trinajstić information content (AvgIpc) is 3.59. The number of hydrogen-bond donors (Lipinski definition) is 3. The van der Waals surface area contributed by atoms with Crippen LogP contribution in [0.5, 0.6) is 0 Å². The molecule has 0 bridgehead atoms. The molecule has 0 radical (unpaired) electrons. The fraction of sp³-hybridized carbons (Fsp3) is 0.185. The van der Waals surface area contributed by atoms with E-state index in [1.165, 1.54) is 24.7 Å². The number of furan rings is 1. The molecular formula is C27H23FN6O3. The zero-order valence-electron chi connectivity index (χ0n) is 19.7. The Morgan fingerprint density at radius 2 is 1.76 bits per heavy atom. The molecule has 10 heteroatoms. The maximum absolute atomic E-state index is 13.8. The van der Waals surface area contributed by atoms with Gasteiger partial charge in [0.05, 0.1) is 11.5 Å². The first-order valence-electron chi connectivity index (χ1n) is 11.9. The second kappa shape index (κ2) is 9.47. The Morgan fingerprint density at radius 3 is 2.46 bits per heavy atom. The van der Waals surface area contributed by atoms with E-state index in [9.17, 15) is 14.3 Å². The molecule has 9 nitrogen and oxygen atoms in total. The first-order chi connectivity index (χ1) is 18.1. The topological polar surface area (TPSA) is 120 Å². The Morgan fingerprint density at radius 1 is 1.03 bits per heavy atom. The molecule has 1 aliphatic heterocycles. The largest absolute Gasteiger partial charge is 0.437 e. The Balaban J connectivity index is 1.43. The van der Waals surface area contributed by atoms with Crippen LogP contribution in [0.2, 0.25) is 0 Å². The van der Waals surface area contributed by atoms with E-state index < -0.39 is 0 Å². The number of aromatic amines is 1. The number of amides is 1. The van der Waals surface area contributed by atoms with Crippen molar-refractivity contribution in [3.8, 4) is 22.5 Å². The number of piperidine rings is 1. The summed E-state index contributed by atoms with van der Waals surface area (Å²) in [6, 6.07) is 13.5. The van der Waals surface area contributed by atoms with Crippen LogP contribution in [0.25, 0.3) is 33.6 Å². The number of benzene rings is 2. The second-order valence-electron chi connectivity index (χ2n) is 8.88. The number of nitrogens with one attached hydrogen (secondary N) is 2. The third kappa shape index (κ3) is 4.43. The third-order valence-corrected chi connectivity index (χ3v) is 6.48. The summed E-state index contributed by atoms with van der Waals surface area (Å²) in [7, 11) is 0. The molecule has 0 saturated carbocycles. The van der Waals surface area contributed by atoms with E-state index in [1.54, 1.807) is 30.5 Å². The first-order valence-corrected chi connectivity index (χ1v) is 11.9. The molecule has 2 aromatic carbocycles. The molecule has 0 spiro atoms. The predicted molar refractivity (Wildman–Crippen MR) is 137 cm³/mol. The molecule has 0 unspecified atom stereocenters. The zero-order valence-corrected chi connectivity index (χ0v) is 19.7. The number of H-pyrrole nitrogens is 1. The maximum atomic E-state index is 13.8. The number of imidazole rings is 1. The van der Waals surface area contributed by atoms with Crippen LogP contribution in [0.3, 0.4) is 0 Å². The van der Waals surface area contributed by atoms with Gasteiger partial charge in [-0.3, -0.25) is 4.79 Å². The number of carbonyl (C=O) groups excluding carboxylic acids is 1. The number of aliphatic hydroxyl groups is 1. The van der Waals surface area contributed by atoms with E-state index in [-0.39, 0.29) is 23.7 Å². The number of halogens is 1. The Bertz CT molecular complexity index is 1540. The normalized spacial score (nSPS) is 14.3. The summed E-state index contributed by atoms with van der Waals surface area (Å²) in [5.41, 5.74) is 3.29. The van der Waals surface area contributed by atoms with Crippen LogP contribution in [-0.2, 0) is 0 Å². The van der Waals surface area contributed by atoms with Crippen molar-refractivity contribution in [2.24, 2.45) is 0 Å². The summed E-state index contributed by atoms with van der Waals surface area (Å²) in [5, 5.41) is 13.5. The second-order valence-corrected chi connectivity index (χ2v) is 8.88. The Kier molecular flexibility index (Phi) is 5.85. The molecule has 0 atom stereocenters. The van der Waals surface area contributed by atoms with Gasteiger partial charge >= 0.3 is 0 Å². The summed E-state index contributed by atoms with van der Waals surface area (Å²) in [6.45, 7) is 1.31. The fourth-order valence-corrected chi connectivity index (χ4v) is 4.62. The standard InChI is InChI=1S/C27H23FN6O3/c28-18-5-1-16(2-6-18)21-22-25(34-13-9-20(35)10-14-34)31-15-32-27(22)37-23(21)17-3-7-19(8-4-17)33-26(36)24-29-11-12-30-24/h1-8,11-12,15,20,35H,9-10,13-14H2,(H,29,30)(H,33,36). The Labute approximate surface area is 211 Å². The molecule has 186 valence electrons. The van der Waals surface area contributed by atoms with Gasteiger partial charge in [-0.2, -0.15) is 0 Å². The van der Waals surface area contributed by atoms with Crippen LogP contribution in [0, 0.1) is 5.82 Å². The predicted octanol–water partition coefficient (Wildman–Crippen LogP) is 4.63. The fourth-order valence-electron chi connectivity index (χ4n) is 4.62. The lowest BCUT2D eigenvalue weighted by Crippen LogP contribution is -2.36. The third-order valence-electron chi connectivity index (χ3n) is 6.48. The van der Waals surface area contributed by atoms with Gasteiger partial charge in [0.1, 0.15) is 23.7 Å². The summed E-state index contributed by atoms with van der Waals surface area (Å²) in [6.07, 6.45) is 5.54. The molecule has 3 N–H and O–H groups in total. The minimum absolute atomic E-state index is 0.219. The Hall–Kier alpha value is -4.57. The van der Waals surface area contributed by atoms with Crippen molar-refractivity contribution in [1.29, 1.82) is 0 Å². The lowest BCUT2D eigenvalue weighted by atomic mass is 9.98. The lowest BCUT2D eigenvalue weighted by molar-refractivity contribution is 0.101. The molecule has 1 saturated heterocycles. The molecule has 3 aromatic heterocycles. The quantitative estimate of drug-likeness (QED) is 0.323. The van der Waals surface area contributed by atoms with E-state index in [0.717, 1.165) is 22.1 Å². The van der Waals surface area contributed by atoms with Gasteiger partial charge in [0.15, 0.2) is 5.82 Å². The highest BCUT2D eigenvalue weighted by Crippen LogP contribution is 2.44. The van der Waals surface area contributed by atoms with Crippen LogP contribution in [-0.4, -0.2) is 50.1 Å². The van der Waals surface area contributed by atoms with Gasteiger partial charge in [-0.25, -0.2) is 19.3 Å². The molecule has 6 rings (SSSR count). The number of carbonyl (C=O) groups is 1. The van der Waals surface area contributed by atoms with Gasteiger partial charge in [0.25, 0.3) is 5.91 Å².